The van der Waals surface area contributed by atoms with E-state index in [0.717, 1.165) is 15.9 Å². The predicted octanol–water partition coefficient (Wildman–Crippen LogP) is 4.28. The van der Waals surface area contributed by atoms with Crippen LogP contribution in [0.15, 0.2) is 75.9 Å². The highest BCUT2D eigenvalue weighted by Crippen LogP contribution is 2.16. The fourth-order valence-electron chi connectivity index (χ4n) is 2.25. The normalized spacial score (nSPS) is 10.5. The lowest BCUT2D eigenvalue weighted by Gasteiger charge is -2.21. The molecule has 0 fully saturated rings. The standard InChI is InChI=1S/C18H15BrN2O2/c19-15-8-6-14(7-9-15)18(22)21(13-17-5-3-11-23-17)12-16-4-1-2-10-20-16/h1-11H,12-13H2. The van der Waals surface area contributed by atoms with E-state index < -0.39 is 0 Å². The van der Waals surface area contributed by atoms with Crippen LogP contribution in [0.1, 0.15) is 21.8 Å². The molecule has 2 heterocycles. The van der Waals surface area contributed by atoms with Crippen LogP contribution in [0.5, 0.6) is 0 Å². The van der Waals surface area contributed by atoms with Gasteiger partial charge in [0.15, 0.2) is 0 Å². The maximum absolute atomic E-state index is 12.8. The molecule has 2 aromatic heterocycles. The highest BCUT2D eigenvalue weighted by atomic mass is 79.9. The van der Waals surface area contributed by atoms with Gasteiger partial charge in [0.1, 0.15) is 5.76 Å². The SMILES string of the molecule is O=C(c1ccc(Br)cc1)N(Cc1ccccn1)Cc1ccco1. The number of amides is 1. The molecule has 0 unspecified atom stereocenters. The summed E-state index contributed by atoms with van der Waals surface area (Å²) in [6, 6.07) is 16.7. The molecule has 0 radical (unpaired) electrons. The van der Waals surface area contributed by atoms with Gasteiger partial charge in [0.25, 0.3) is 5.91 Å². The Morgan fingerprint density at radius 2 is 1.87 bits per heavy atom. The first-order valence-electron chi connectivity index (χ1n) is 7.19. The highest BCUT2D eigenvalue weighted by molar-refractivity contribution is 9.10. The minimum Gasteiger partial charge on any atom is -0.467 e. The van der Waals surface area contributed by atoms with E-state index in [1.54, 1.807) is 29.5 Å². The van der Waals surface area contributed by atoms with E-state index in [1.165, 1.54) is 0 Å². The zero-order valence-corrected chi connectivity index (χ0v) is 13.9. The van der Waals surface area contributed by atoms with E-state index in [4.69, 9.17) is 4.42 Å². The number of rotatable bonds is 5. The second-order valence-electron chi connectivity index (χ2n) is 5.07. The average Bonchev–Trinajstić information content (AvgIpc) is 3.08. The molecular formula is C18H15BrN2O2. The molecule has 0 aliphatic rings. The summed E-state index contributed by atoms with van der Waals surface area (Å²) in [6.07, 6.45) is 3.34. The number of halogens is 1. The topological polar surface area (TPSA) is 46.3 Å². The molecule has 3 rings (SSSR count). The molecular weight excluding hydrogens is 356 g/mol. The second-order valence-corrected chi connectivity index (χ2v) is 5.98. The monoisotopic (exact) mass is 370 g/mol. The summed E-state index contributed by atoms with van der Waals surface area (Å²) in [7, 11) is 0. The van der Waals surface area contributed by atoms with Gasteiger partial charge in [-0.2, -0.15) is 0 Å². The lowest BCUT2D eigenvalue weighted by molar-refractivity contribution is 0.0715. The van der Waals surface area contributed by atoms with Crippen molar-refractivity contribution in [3.05, 3.63) is 88.5 Å². The average molecular weight is 371 g/mol. The van der Waals surface area contributed by atoms with E-state index >= 15 is 0 Å². The van der Waals surface area contributed by atoms with Crippen LogP contribution in [0.2, 0.25) is 0 Å². The van der Waals surface area contributed by atoms with Gasteiger partial charge in [-0.25, -0.2) is 0 Å². The van der Waals surface area contributed by atoms with E-state index in [9.17, 15) is 4.79 Å². The maximum atomic E-state index is 12.8. The van der Waals surface area contributed by atoms with E-state index in [-0.39, 0.29) is 5.91 Å². The van der Waals surface area contributed by atoms with E-state index in [2.05, 4.69) is 20.9 Å². The lowest BCUT2D eigenvalue weighted by Crippen LogP contribution is -2.30. The Balaban J connectivity index is 1.84. The van der Waals surface area contributed by atoms with Crippen molar-refractivity contribution in [1.29, 1.82) is 0 Å². The van der Waals surface area contributed by atoms with Crippen molar-refractivity contribution in [2.75, 3.05) is 0 Å². The number of nitrogens with zero attached hydrogens (tertiary/aromatic N) is 2. The van der Waals surface area contributed by atoms with E-state index in [1.807, 2.05) is 42.5 Å². The van der Waals surface area contributed by atoms with Crippen molar-refractivity contribution in [3.8, 4) is 0 Å². The maximum Gasteiger partial charge on any atom is 0.254 e. The van der Waals surface area contributed by atoms with Gasteiger partial charge in [0.05, 0.1) is 25.0 Å². The van der Waals surface area contributed by atoms with E-state index in [0.29, 0.717) is 18.7 Å². The molecule has 0 aliphatic carbocycles. The fourth-order valence-corrected chi connectivity index (χ4v) is 2.52. The molecule has 0 N–H and O–H groups in total. The fraction of sp³-hybridized carbons (Fsp3) is 0.111. The number of pyridine rings is 1. The van der Waals surface area contributed by atoms with Gasteiger partial charge < -0.3 is 9.32 Å². The van der Waals surface area contributed by atoms with Gasteiger partial charge in [-0.1, -0.05) is 22.0 Å². The Morgan fingerprint density at radius 1 is 1.04 bits per heavy atom. The van der Waals surface area contributed by atoms with Crippen molar-refractivity contribution in [3.63, 3.8) is 0 Å². The molecule has 23 heavy (non-hydrogen) atoms. The predicted molar refractivity (Wildman–Crippen MR) is 90.7 cm³/mol. The van der Waals surface area contributed by atoms with Gasteiger partial charge in [-0.3, -0.25) is 9.78 Å². The summed E-state index contributed by atoms with van der Waals surface area (Å²) in [6.45, 7) is 0.828. The van der Waals surface area contributed by atoms with Crippen molar-refractivity contribution < 1.29 is 9.21 Å². The summed E-state index contributed by atoms with van der Waals surface area (Å²) in [5.41, 5.74) is 1.47. The number of hydrogen-bond acceptors (Lipinski definition) is 3. The summed E-state index contributed by atoms with van der Waals surface area (Å²) in [5, 5.41) is 0. The molecule has 1 amide bonds. The first kappa shape index (κ1) is 15.5. The Bertz CT molecular complexity index is 755. The Morgan fingerprint density at radius 3 is 2.52 bits per heavy atom. The summed E-state index contributed by atoms with van der Waals surface area (Å²) < 4.78 is 6.33. The van der Waals surface area contributed by atoms with Crippen LogP contribution in [0.4, 0.5) is 0 Å². The molecule has 116 valence electrons. The first-order valence-corrected chi connectivity index (χ1v) is 7.99. The smallest absolute Gasteiger partial charge is 0.254 e. The van der Waals surface area contributed by atoms with Crippen LogP contribution in [-0.2, 0) is 13.1 Å². The molecule has 0 saturated heterocycles. The quantitative estimate of drug-likeness (QED) is 0.673. The third-order valence-electron chi connectivity index (χ3n) is 3.38. The molecule has 0 atom stereocenters. The third-order valence-corrected chi connectivity index (χ3v) is 3.91. The Kier molecular flexibility index (Phi) is 4.88. The summed E-state index contributed by atoms with van der Waals surface area (Å²) >= 11 is 3.38. The number of carbonyl (C=O) groups is 1. The van der Waals surface area contributed by atoms with Crippen LogP contribution >= 0.6 is 15.9 Å². The number of hydrogen-bond donors (Lipinski definition) is 0. The summed E-state index contributed by atoms with van der Waals surface area (Å²) in [4.78, 5) is 18.9. The van der Waals surface area contributed by atoms with Gasteiger partial charge in [-0.15, -0.1) is 0 Å². The Labute approximate surface area is 142 Å². The first-order chi connectivity index (χ1) is 11.2. The third kappa shape index (κ3) is 4.07. The Hall–Kier alpha value is -2.40. The van der Waals surface area contributed by atoms with Crippen LogP contribution < -0.4 is 0 Å². The molecule has 3 aromatic rings. The number of benzene rings is 1. The minimum absolute atomic E-state index is 0.0560. The van der Waals surface area contributed by atoms with Crippen molar-refractivity contribution in [2.24, 2.45) is 0 Å². The number of aromatic nitrogens is 1. The van der Waals surface area contributed by atoms with Gasteiger partial charge in [0.2, 0.25) is 0 Å². The zero-order chi connectivity index (χ0) is 16.1. The van der Waals surface area contributed by atoms with Crippen LogP contribution in [0.3, 0.4) is 0 Å². The van der Waals surface area contributed by atoms with Crippen molar-refractivity contribution >= 4 is 21.8 Å². The molecule has 5 heteroatoms. The number of carbonyl (C=O) groups excluding carboxylic acids is 1. The largest absolute Gasteiger partial charge is 0.467 e. The molecule has 0 saturated carbocycles. The van der Waals surface area contributed by atoms with Crippen LogP contribution in [0, 0.1) is 0 Å². The minimum atomic E-state index is -0.0560. The van der Waals surface area contributed by atoms with Gasteiger partial charge >= 0.3 is 0 Å². The summed E-state index contributed by atoms with van der Waals surface area (Å²) in [5.74, 6) is 0.686. The molecule has 0 aliphatic heterocycles. The second kappa shape index (κ2) is 7.24. The van der Waals surface area contributed by atoms with Crippen LogP contribution in [0.25, 0.3) is 0 Å². The molecule has 1 aromatic carbocycles. The van der Waals surface area contributed by atoms with Crippen molar-refractivity contribution in [1.82, 2.24) is 9.88 Å². The molecule has 0 bridgehead atoms. The zero-order valence-electron chi connectivity index (χ0n) is 12.4. The van der Waals surface area contributed by atoms with Crippen molar-refractivity contribution in [2.45, 2.75) is 13.1 Å². The van der Waals surface area contributed by atoms with Crippen LogP contribution in [-0.4, -0.2) is 15.8 Å². The number of furan rings is 1. The van der Waals surface area contributed by atoms with Gasteiger partial charge in [-0.05, 0) is 48.5 Å². The van der Waals surface area contributed by atoms with Gasteiger partial charge in [0, 0.05) is 16.2 Å². The lowest BCUT2D eigenvalue weighted by atomic mass is 10.2. The molecule has 4 nitrogen and oxygen atoms in total. The molecule has 0 spiro atoms. The highest BCUT2D eigenvalue weighted by Gasteiger charge is 2.18.